The topological polar surface area (TPSA) is 73.6 Å². The number of benzene rings is 1. The predicted molar refractivity (Wildman–Crippen MR) is 74.3 cm³/mol. The van der Waals surface area contributed by atoms with E-state index in [0.29, 0.717) is 5.56 Å². The van der Waals surface area contributed by atoms with E-state index in [1.807, 2.05) is 44.3 Å². The molecule has 0 aliphatic heterocycles. The van der Waals surface area contributed by atoms with Crippen LogP contribution < -0.4 is 5.32 Å². The van der Waals surface area contributed by atoms with Crippen LogP contribution >= 0.6 is 0 Å². The van der Waals surface area contributed by atoms with E-state index < -0.39 is 0 Å². The Bertz CT molecular complexity index is 734. The molecule has 0 spiro atoms. The van der Waals surface area contributed by atoms with Crippen molar-refractivity contribution >= 4 is 22.5 Å². The molecule has 0 atom stereocenters. The molecule has 0 saturated carbocycles. The molecule has 1 amide bonds. The largest absolute Gasteiger partial charge is 0.361 e. The molecular weight excluding hydrogens is 240 g/mol. The molecular formula is C14H14N4O. The molecule has 19 heavy (non-hydrogen) atoms. The number of aromatic nitrogens is 3. The molecule has 3 aromatic rings. The van der Waals surface area contributed by atoms with Crippen molar-refractivity contribution in [3.05, 3.63) is 47.4 Å². The average Bonchev–Trinajstić information content (AvgIpc) is 2.99. The van der Waals surface area contributed by atoms with Crippen LogP contribution in [0.15, 0.2) is 30.5 Å². The Labute approximate surface area is 110 Å². The smallest absolute Gasteiger partial charge is 0.256 e. The van der Waals surface area contributed by atoms with Gasteiger partial charge in [-0.2, -0.15) is 5.10 Å². The van der Waals surface area contributed by atoms with Gasteiger partial charge in [-0.1, -0.05) is 6.07 Å². The first-order valence-electron chi connectivity index (χ1n) is 6.06. The molecule has 0 aliphatic rings. The van der Waals surface area contributed by atoms with Crippen LogP contribution in [0.5, 0.6) is 0 Å². The number of aryl methyl sites for hydroxylation is 2. The van der Waals surface area contributed by atoms with Gasteiger partial charge in [-0.3, -0.25) is 9.89 Å². The highest BCUT2D eigenvalue weighted by atomic mass is 16.1. The van der Waals surface area contributed by atoms with Crippen LogP contribution in [0.1, 0.15) is 21.7 Å². The molecule has 96 valence electrons. The summed E-state index contributed by atoms with van der Waals surface area (Å²) in [5.74, 6) is -0.127. The van der Waals surface area contributed by atoms with Crippen molar-refractivity contribution in [1.29, 1.82) is 0 Å². The van der Waals surface area contributed by atoms with Crippen molar-refractivity contribution in [3.63, 3.8) is 0 Å². The van der Waals surface area contributed by atoms with Crippen LogP contribution in [0.4, 0.5) is 5.69 Å². The second kappa shape index (κ2) is 4.28. The summed E-state index contributed by atoms with van der Waals surface area (Å²) in [6, 6.07) is 7.53. The Morgan fingerprint density at radius 1 is 1.26 bits per heavy atom. The summed E-state index contributed by atoms with van der Waals surface area (Å²) >= 11 is 0. The highest BCUT2D eigenvalue weighted by molar-refractivity contribution is 6.12. The molecule has 5 nitrogen and oxygen atoms in total. The summed E-state index contributed by atoms with van der Waals surface area (Å²) in [5.41, 5.74) is 3.99. The van der Waals surface area contributed by atoms with Gasteiger partial charge in [0.2, 0.25) is 0 Å². The van der Waals surface area contributed by atoms with Gasteiger partial charge in [0, 0.05) is 22.7 Å². The quantitative estimate of drug-likeness (QED) is 0.658. The lowest BCUT2D eigenvalue weighted by Crippen LogP contribution is -2.13. The molecule has 0 bridgehead atoms. The number of anilines is 1. The minimum atomic E-state index is -0.127. The van der Waals surface area contributed by atoms with Crippen LogP contribution in [-0.4, -0.2) is 21.1 Å². The third-order valence-electron chi connectivity index (χ3n) is 3.21. The monoisotopic (exact) mass is 254 g/mol. The number of H-pyrrole nitrogens is 2. The summed E-state index contributed by atoms with van der Waals surface area (Å²) in [6.45, 7) is 3.74. The maximum Gasteiger partial charge on any atom is 0.256 e. The Balaban J connectivity index is 1.99. The van der Waals surface area contributed by atoms with Crippen molar-refractivity contribution in [2.45, 2.75) is 13.8 Å². The lowest BCUT2D eigenvalue weighted by Gasteiger charge is -2.06. The number of carbonyl (C=O) groups is 1. The normalized spacial score (nSPS) is 10.8. The number of nitrogens with zero attached hydrogens (tertiary/aromatic N) is 1. The van der Waals surface area contributed by atoms with Crippen LogP contribution in [0, 0.1) is 13.8 Å². The van der Waals surface area contributed by atoms with Gasteiger partial charge in [0.05, 0.1) is 17.1 Å². The van der Waals surface area contributed by atoms with Gasteiger partial charge < -0.3 is 10.3 Å². The van der Waals surface area contributed by atoms with Gasteiger partial charge in [-0.05, 0) is 32.0 Å². The SMILES string of the molecule is Cc1n[nH]c(C)c1NC(=O)c1cccc2[nH]ccc12. The third-order valence-corrected chi connectivity index (χ3v) is 3.21. The summed E-state index contributed by atoms with van der Waals surface area (Å²) < 4.78 is 0. The predicted octanol–water partition coefficient (Wildman–Crippen LogP) is 2.76. The maximum absolute atomic E-state index is 12.4. The first kappa shape index (κ1) is 11.5. The number of aromatic amines is 2. The molecule has 2 aromatic heterocycles. The summed E-state index contributed by atoms with van der Waals surface area (Å²) in [6.07, 6.45) is 1.83. The number of fused-ring (bicyclic) bond motifs is 1. The Morgan fingerprint density at radius 2 is 2.11 bits per heavy atom. The van der Waals surface area contributed by atoms with E-state index in [9.17, 15) is 4.79 Å². The van der Waals surface area contributed by atoms with Crippen molar-refractivity contribution in [3.8, 4) is 0 Å². The Hall–Kier alpha value is -2.56. The first-order chi connectivity index (χ1) is 9.16. The minimum Gasteiger partial charge on any atom is -0.361 e. The fourth-order valence-corrected chi connectivity index (χ4v) is 2.20. The van der Waals surface area contributed by atoms with Crippen molar-refractivity contribution < 1.29 is 4.79 Å². The van der Waals surface area contributed by atoms with Crippen molar-refractivity contribution in [1.82, 2.24) is 15.2 Å². The summed E-state index contributed by atoms with van der Waals surface area (Å²) in [5, 5.41) is 10.8. The zero-order chi connectivity index (χ0) is 13.4. The zero-order valence-electron chi connectivity index (χ0n) is 10.7. The van der Waals surface area contributed by atoms with Gasteiger partial charge in [0.15, 0.2) is 0 Å². The number of hydrogen-bond donors (Lipinski definition) is 3. The second-order valence-corrected chi connectivity index (χ2v) is 4.51. The second-order valence-electron chi connectivity index (χ2n) is 4.51. The highest BCUT2D eigenvalue weighted by Gasteiger charge is 2.14. The van der Waals surface area contributed by atoms with Gasteiger partial charge in [0.1, 0.15) is 0 Å². The van der Waals surface area contributed by atoms with Gasteiger partial charge in [-0.15, -0.1) is 0 Å². The van der Waals surface area contributed by atoms with Gasteiger partial charge in [-0.25, -0.2) is 0 Å². The van der Waals surface area contributed by atoms with E-state index in [0.717, 1.165) is 28.0 Å². The van der Waals surface area contributed by atoms with E-state index in [4.69, 9.17) is 0 Å². The van der Waals surface area contributed by atoms with Crippen LogP contribution in [0.2, 0.25) is 0 Å². The third kappa shape index (κ3) is 1.89. The minimum absolute atomic E-state index is 0.127. The molecule has 2 heterocycles. The Kier molecular flexibility index (Phi) is 2.59. The van der Waals surface area contributed by atoms with Gasteiger partial charge in [0.25, 0.3) is 5.91 Å². The fourth-order valence-electron chi connectivity index (χ4n) is 2.20. The van der Waals surface area contributed by atoms with E-state index in [-0.39, 0.29) is 5.91 Å². The average molecular weight is 254 g/mol. The number of carbonyl (C=O) groups excluding carboxylic acids is 1. The highest BCUT2D eigenvalue weighted by Crippen LogP contribution is 2.21. The van der Waals surface area contributed by atoms with E-state index >= 15 is 0 Å². The molecule has 1 aromatic carbocycles. The standard InChI is InChI=1S/C14H14N4O/c1-8-13(9(2)18-17-8)16-14(19)11-4-3-5-12-10(11)6-7-15-12/h3-7,15H,1-2H3,(H,16,19)(H,17,18). The lowest BCUT2D eigenvalue weighted by atomic mass is 10.1. The summed E-state index contributed by atoms with van der Waals surface area (Å²) in [7, 11) is 0. The number of nitrogens with one attached hydrogen (secondary N) is 3. The molecule has 0 fully saturated rings. The molecule has 5 heteroatoms. The number of amides is 1. The first-order valence-corrected chi connectivity index (χ1v) is 6.06. The molecule has 0 radical (unpaired) electrons. The van der Waals surface area contributed by atoms with Crippen LogP contribution in [0.3, 0.4) is 0 Å². The molecule has 0 unspecified atom stereocenters. The maximum atomic E-state index is 12.4. The molecule has 3 N–H and O–H groups in total. The molecule has 0 aliphatic carbocycles. The fraction of sp³-hybridized carbons (Fsp3) is 0.143. The lowest BCUT2D eigenvalue weighted by molar-refractivity contribution is 0.102. The van der Waals surface area contributed by atoms with Crippen molar-refractivity contribution in [2.75, 3.05) is 5.32 Å². The Morgan fingerprint density at radius 3 is 2.84 bits per heavy atom. The van der Waals surface area contributed by atoms with Gasteiger partial charge >= 0.3 is 0 Å². The van der Waals surface area contributed by atoms with E-state index in [1.54, 1.807) is 0 Å². The van der Waals surface area contributed by atoms with E-state index in [1.165, 1.54) is 0 Å². The number of rotatable bonds is 2. The van der Waals surface area contributed by atoms with Crippen LogP contribution in [-0.2, 0) is 0 Å². The number of hydrogen-bond acceptors (Lipinski definition) is 2. The van der Waals surface area contributed by atoms with Crippen molar-refractivity contribution in [2.24, 2.45) is 0 Å². The molecule has 3 rings (SSSR count). The van der Waals surface area contributed by atoms with E-state index in [2.05, 4.69) is 20.5 Å². The molecule has 0 saturated heterocycles. The summed E-state index contributed by atoms with van der Waals surface area (Å²) in [4.78, 5) is 15.5. The van der Waals surface area contributed by atoms with Crippen LogP contribution in [0.25, 0.3) is 10.9 Å². The zero-order valence-corrected chi connectivity index (χ0v) is 10.7.